The Bertz CT molecular complexity index is 983. The quantitative estimate of drug-likeness (QED) is 0.723. The Hall–Kier alpha value is -3.08. The van der Waals surface area contributed by atoms with Crippen LogP contribution in [-0.4, -0.2) is 27.3 Å². The highest BCUT2D eigenvalue weighted by Crippen LogP contribution is 2.26. The molecule has 0 aliphatic rings. The first-order chi connectivity index (χ1) is 12.6. The number of hydrogen-bond acceptors (Lipinski definition) is 5. The zero-order chi connectivity index (χ0) is 18.5. The van der Waals surface area contributed by atoms with Crippen LogP contribution in [0, 0.1) is 11.3 Å². The summed E-state index contributed by atoms with van der Waals surface area (Å²) < 4.78 is 6.91. The highest BCUT2D eigenvalue weighted by molar-refractivity contribution is 6.32. The van der Waals surface area contributed by atoms with Crippen LogP contribution in [0.3, 0.4) is 0 Å². The van der Waals surface area contributed by atoms with E-state index in [-0.39, 0.29) is 11.6 Å². The topological polar surface area (TPSA) is 92.8 Å². The zero-order valence-corrected chi connectivity index (χ0v) is 14.7. The summed E-state index contributed by atoms with van der Waals surface area (Å²) in [5, 5.41) is 16.3. The molecule has 0 fully saturated rings. The zero-order valence-electron chi connectivity index (χ0n) is 13.2. The third-order valence-electron chi connectivity index (χ3n) is 3.32. The number of aromatic nitrogens is 3. The number of nitriles is 1. The molecule has 1 heterocycles. The maximum absolute atomic E-state index is 12.2. The maximum Gasteiger partial charge on any atom is 0.262 e. The molecule has 0 saturated heterocycles. The first-order valence-corrected chi connectivity index (χ1v) is 8.09. The Morgan fingerprint density at radius 2 is 2.12 bits per heavy atom. The Labute approximate surface area is 158 Å². The molecule has 0 saturated carbocycles. The van der Waals surface area contributed by atoms with Crippen molar-refractivity contribution in [1.29, 1.82) is 5.26 Å². The molecule has 7 nitrogen and oxygen atoms in total. The van der Waals surface area contributed by atoms with Crippen LogP contribution in [0.1, 0.15) is 5.56 Å². The van der Waals surface area contributed by atoms with Crippen molar-refractivity contribution < 1.29 is 9.53 Å². The summed E-state index contributed by atoms with van der Waals surface area (Å²) in [6, 6.07) is 11.5. The first kappa shape index (κ1) is 17.7. The Kier molecular flexibility index (Phi) is 5.37. The Balaban J connectivity index is 1.71. The number of nitrogens with zero attached hydrogens (tertiary/aromatic N) is 4. The molecule has 1 N–H and O–H groups in total. The lowest BCUT2D eigenvalue weighted by Crippen LogP contribution is -2.21. The fourth-order valence-electron chi connectivity index (χ4n) is 2.16. The van der Waals surface area contributed by atoms with Crippen molar-refractivity contribution in [2.75, 3.05) is 11.9 Å². The van der Waals surface area contributed by atoms with Crippen LogP contribution in [0.2, 0.25) is 10.0 Å². The second-order valence-electron chi connectivity index (χ2n) is 5.10. The number of hydrogen-bond donors (Lipinski definition) is 1. The second-order valence-corrected chi connectivity index (χ2v) is 5.94. The number of rotatable bonds is 5. The van der Waals surface area contributed by atoms with Gasteiger partial charge in [0.1, 0.15) is 18.4 Å². The Morgan fingerprint density at radius 1 is 1.27 bits per heavy atom. The van der Waals surface area contributed by atoms with E-state index in [0.29, 0.717) is 27.7 Å². The fourth-order valence-corrected chi connectivity index (χ4v) is 2.57. The van der Waals surface area contributed by atoms with E-state index in [2.05, 4.69) is 15.4 Å². The molecule has 3 aromatic rings. The van der Waals surface area contributed by atoms with Gasteiger partial charge < -0.3 is 10.1 Å². The predicted octanol–water partition coefficient (Wildman–Crippen LogP) is 3.46. The van der Waals surface area contributed by atoms with Gasteiger partial charge in [-0.25, -0.2) is 9.67 Å². The third kappa shape index (κ3) is 4.11. The number of ether oxygens (including phenoxy) is 1. The molecule has 3 rings (SSSR count). The van der Waals surface area contributed by atoms with E-state index in [1.165, 1.54) is 29.5 Å². The molecule has 130 valence electrons. The van der Waals surface area contributed by atoms with Gasteiger partial charge in [0.15, 0.2) is 6.61 Å². The normalized spacial score (nSPS) is 10.2. The summed E-state index contributed by atoms with van der Waals surface area (Å²) in [5.74, 6) is -0.0996. The van der Waals surface area contributed by atoms with Gasteiger partial charge in [-0.05, 0) is 36.4 Å². The number of carbonyl (C=O) groups is 1. The standard InChI is InChI=1S/C17H11Cl2N5O2/c18-12-2-3-15(24-10-21-9-22-24)14(6-12)23-17(25)8-26-16-4-1-11(7-20)5-13(16)19/h1-6,9-10H,8H2,(H,23,25). The average Bonchev–Trinajstić information content (AvgIpc) is 3.15. The number of carbonyl (C=O) groups excluding carboxylic acids is 1. The van der Waals surface area contributed by atoms with Crippen molar-refractivity contribution in [1.82, 2.24) is 14.8 Å². The number of anilines is 1. The van der Waals surface area contributed by atoms with E-state index in [0.717, 1.165) is 0 Å². The van der Waals surface area contributed by atoms with Crippen molar-refractivity contribution in [2.45, 2.75) is 0 Å². The summed E-state index contributed by atoms with van der Waals surface area (Å²) in [5.41, 5.74) is 1.47. The van der Waals surface area contributed by atoms with Gasteiger partial charge in [0, 0.05) is 5.02 Å². The molecule has 1 aromatic heterocycles. The van der Waals surface area contributed by atoms with Crippen LogP contribution >= 0.6 is 23.2 Å². The predicted molar refractivity (Wildman–Crippen MR) is 96.7 cm³/mol. The summed E-state index contributed by atoms with van der Waals surface area (Å²) in [6.07, 6.45) is 2.89. The third-order valence-corrected chi connectivity index (χ3v) is 3.85. The van der Waals surface area contributed by atoms with Gasteiger partial charge in [-0.2, -0.15) is 10.4 Å². The summed E-state index contributed by atoms with van der Waals surface area (Å²) in [7, 11) is 0. The van der Waals surface area contributed by atoms with Crippen molar-refractivity contribution in [3.05, 3.63) is 64.7 Å². The molecule has 1 amide bonds. The van der Waals surface area contributed by atoms with E-state index in [1.807, 2.05) is 6.07 Å². The highest BCUT2D eigenvalue weighted by Gasteiger charge is 2.12. The van der Waals surface area contributed by atoms with Crippen LogP contribution in [0.15, 0.2) is 49.1 Å². The number of nitrogens with one attached hydrogen (secondary N) is 1. The number of benzene rings is 2. The maximum atomic E-state index is 12.2. The van der Waals surface area contributed by atoms with Crippen LogP contribution in [0.5, 0.6) is 5.75 Å². The molecule has 26 heavy (non-hydrogen) atoms. The Morgan fingerprint density at radius 3 is 2.81 bits per heavy atom. The second kappa shape index (κ2) is 7.87. The fraction of sp³-hybridized carbons (Fsp3) is 0.0588. The molecule has 2 aromatic carbocycles. The average molecular weight is 388 g/mol. The monoisotopic (exact) mass is 387 g/mol. The highest BCUT2D eigenvalue weighted by atomic mass is 35.5. The van der Waals surface area contributed by atoms with E-state index in [4.69, 9.17) is 33.2 Å². The van der Waals surface area contributed by atoms with Gasteiger partial charge in [-0.3, -0.25) is 4.79 Å². The largest absolute Gasteiger partial charge is 0.482 e. The molecular weight excluding hydrogens is 377 g/mol. The minimum atomic E-state index is -0.408. The minimum Gasteiger partial charge on any atom is -0.482 e. The molecule has 0 spiro atoms. The van der Waals surface area contributed by atoms with Gasteiger partial charge >= 0.3 is 0 Å². The molecule has 9 heteroatoms. The molecule has 0 aliphatic heterocycles. The molecular formula is C17H11Cl2N5O2. The van der Waals surface area contributed by atoms with Crippen LogP contribution in [-0.2, 0) is 4.79 Å². The molecule has 0 unspecified atom stereocenters. The lowest BCUT2D eigenvalue weighted by atomic mass is 10.2. The minimum absolute atomic E-state index is 0.253. The van der Waals surface area contributed by atoms with Gasteiger partial charge in [0.25, 0.3) is 5.91 Å². The van der Waals surface area contributed by atoms with E-state index >= 15 is 0 Å². The van der Waals surface area contributed by atoms with Crippen LogP contribution in [0.4, 0.5) is 5.69 Å². The molecule has 0 atom stereocenters. The van der Waals surface area contributed by atoms with Gasteiger partial charge in [-0.1, -0.05) is 23.2 Å². The SMILES string of the molecule is N#Cc1ccc(OCC(=O)Nc2cc(Cl)ccc2-n2cncn2)c(Cl)c1. The smallest absolute Gasteiger partial charge is 0.262 e. The number of halogens is 2. The van der Waals surface area contributed by atoms with E-state index < -0.39 is 5.91 Å². The van der Waals surface area contributed by atoms with Gasteiger partial charge in [-0.15, -0.1) is 0 Å². The molecule has 0 bridgehead atoms. The van der Waals surface area contributed by atoms with Crippen molar-refractivity contribution in [2.24, 2.45) is 0 Å². The number of amides is 1. The van der Waals surface area contributed by atoms with E-state index in [9.17, 15) is 4.79 Å². The summed E-state index contributed by atoms with van der Waals surface area (Å²) in [6.45, 7) is -0.269. The lowest BCUT2D eigenvalue weighted by Gasteiger charge is -2.12. The first-order valence-electron chi connectivity index (χ1n) is 7.33. The summed E-state index contributed by atoms with van der Waals surface area (Å²) >= 11 is 12.0. The molecule has 0 radical (unpaired) electrons. The lowest BCUT2D eigenvalue weighted by molar-refractivity contribution is -0.118. The molecule has 0 aliphatic carbocycles. The van der Waals surface area contributed by atoms with Crippen molar-refractivity contribution in [3.63, 3.8) is 0 Å². The van der Waals surface area contributed by atoms with Gasteiger partial charge in [0.05, 0.1) is 28.0 Å². The van der Waals surface area contributed by atoms with E-state index in [1.54, 1.807) is 24.3 Å². The van der Waals surface area contributed by atoms with Crippen molar-refractivity contribution in [3.8, 4) is 17.5 Å². The van der Waals surface area contributed by atoms with Crippen molar-refractivity contribution >= 4 is 34.8 Å². The van der Waals surface area contributed by atoms with Crippen LogP contribution in [0.25, 0.3) is 5.69 Å². The summed E-state index contributed by atoms with van der Waals surface area (Å²) in [4.78, 5) is 16.1. The van der Waals surface area contributed by atoms with Crippen LogP contribution < -0.4 is 10.1 Å². The van der Waals surface area contributed by atoms with Gasteiger partial charge in [0.2, 0.25) is 0 Å².